The van der Waals surface area contributed by atoms with Crippen molar-refractivity contribution in [2.75, 3.05) is 78.5 Å². The summed E-state index contributed by atoms with van der Waals surface area (Å²) in [4.78, 5) is 126. The molecule has 0 spiro atoms. The molecule has 3 N–H and O–H groups in total. The number of benzene rings is 6. The topological polar surface area (TPSA) is 209 Å². The first-order valence-corrected chi connectivity index (χ1v) is 34.9. The van der Waals surface area contributed by atoms with E-state index < -0.39 is 0 Å². The molecule has 6 saturated heterocycles. The number of nitrogens with one attached hydrogen (secondary N) is 3. The highest BCUT2D eigenvalue weighted by Crippen LogP contribution is 2.43. The fraction of sp³-hybridized carbons (Fsp3) is 0.423. The maximum atomic E-state index is 13.2. The van der Waals surface area contributed by atoms with Crippen LogP contribution in [0, 0.1) is 17.8 Å². The molecule has 15 rings (SSSR count). The van der Waals surface area contributed by atoms with E-state index in [-0.39, 0.29) is 89.0 Å². The molecule has 498 valence electrons. The number of nitrogens with zero attached hydrogens (tertiary/aromatic N) is 6. The van der Waals surface area contributed by atoms with E-state index in [9.17, 15) is 43.2 Å². The fourth-order valence-electron chi connectivity index (χ4n) is 14.8. The molecule has 0 bridgehead atoms. The normalized spacial score (nSPS) is 24.4. The predicted octanol–water partition coefficient (Wildman–Crippen LogP) is 9.17. The number of rotatable bonds is 15. The Hall–Kier alpha value is -9.45. The number of hydrogen-bond donors (Lipinski definition) is 3. The van der Waals surface area contributed by atoms with Gasteiger partial charge in [-0.25, -0.2) is 0 Å². The minimum absolute atomic E-state index is 0.0235. The van der Waals surface area contributed by atoms with Gasteiger partial charge in [0.1, 0.15) is 0 Å². The first-order chi connectivity index (χ1) is 46.8. The Morgan fingerprint density at radius 2 is 0.469 bits per heavy atom. The van der Waals surface area contributed by atoms with E-state index in [4.69, 9.17) is 0 Å². The van der Waals surface area contributed by atoms with Crippen LogP contribution >= 0.6 is 0 Å². The lowest BCUT2D eigenvalue weighted by molar-refractivity contribution is -0.125. The van der Waals surface area contributed by atoms with Crippen LogP contribution in [0.4, 0.5) is 0 Å². The lowest BCUT2D eigenvalue weighted by atomic mass is 10.1. The Labute approximate surface area is 562 Å². The molecule has 6 aromatic rings. The molecule has 96 heavy (non-hydrogen) atoms. The van der Waals surface area contributed by atoms with Gasteiger partial charge in [-0.1, -0.05) is 91.0 Å². The molecular weight excluding hydrogens is 1210 g/mol. The third-order valence-corrected chi connectivity index (χ3v) is 20.9. The Balaban J connectivity index is 0.000000140. The number of carbonyl (C=O) groups is 9. The molecular formula is C78H87N9O9. The van der Waals surface area contributed by atoms with Crippen LogP contribution in [0.3, 0.4) is 0 Å². The third-order valence-electron chi connectivity index (χ3n) is 20.9. The van der Waals surface area contributed by atoms with Crippen molar-refractivity contribution in [1.82, 2.24) is 45.3 Å². The van der Waals surface area contributed by atoms with E-state index in [1.807, 2.05) is 69.3 Å². The summed E-state index contributed by atoms with van der Waals surface area (Å²) in [7, 11) is 0. The van der Waals surface area contributed by atoms with Crippen LogP contribution in [0.25, 0.3) is 0 Å². The van der Waals surface area contributed by atoms with Crippen molar-refractivity contribution >= 4 is 53.2 Å². The van der Waals surface area contributed by atoms with Gasteiger partial charge in [0, 0.05) is 148 Å². The zero-order chi connectivity index (χ0) is 66.2. The maximum absolute atomic E-state index is 13.2. The Kier molecular flexibility index (Phi) is 20.2. The molecule has 0 aromatic heterocycles. The van der Waals surface area contributed by atoms with Crippen molar-refractivity contribution in [2.24, 2.45) is 17.8 Å². The van der Waals surface area contributed by atoms with Crippen LogP contribution in [0.5, 0.6) is 0 Å². The summed E-state index contributed by atoms with van der Waals surface area (Å²) in [6.07, 6.45) is 11.4. The number of carbonyl (C=O) groups excluding carboxylic acids is 9. The van der Waals surface area contributed by atoms with Gasteiger partial charge in [0.2, 0.25) is 17.7 Å². The van der Waals surface area contributed by atoms with Gasteiger partial charge in [0.15, 0.2) is 0 Å². The summed E-state index contributed by atoms with van der Waals surface area (Å²) < 4.78 is 0. The summed E-state index contributed by atoms with van der Waals surface area (Å²) >= 11 is 0. The van der Waals surface area contributed by atoms with E-state index in [0.717, 1.165) is 97.1 Å². The van der Waals surface area contributed by atoms with E-state index >= 15 is 0 Å². The molecule has 18 nitrogen and oxygen atoms in total. The first-order valence-electron chi connectivity index (χ1n) is 34.9. The first kappa shape index (κ1) is 65.2. The minimum atomic E-state index is -0.207. The van der Waals surface area contributed by atoms with Crippen LogP contribution in [0.2, 0.25) is 0 Å². The number of hydrogen-bond acceptors (Lipinski definition) is 9. The van der Waals surface area contributed by atoms with Crippen LogP contribution < -0.4 is 16.0 Å². The van der Waals surface area contributed by atoms with E-state index in [1.54, 1.807) is 87.5 Å². The molecule has 9 fully saturated rings. The average molecular weight is 1290 g/mol. The number of likely N-dealkylation sites (tertiary alicyclic amines) is 6. The van der Waals surface area contributed by atoms with Crippen LogP contribution in [-0.2, 0) is 14.4 Å². The van der Waals surface area contributed by atoms with Crippen molar-refractivity contribution in [2.45, 2.75) is 113 Å². The largest absolute Gasteiger partial charge is 0.352 e. The molecule has 0 unspecified atom stereocenters. The van der Waals surface area contributed by atoms with Gasteiger partial charge in [0.25, 0.3) is 35.4 Å². The highest BCUT2D eigenvalue weighted by atomic mass is 16.2. The molecule has 6 aromatic carbocycles. The van der Waals surface area contributed by atoms with Crippen LogP contribution in [0.15, 0.2) is 164 Å². The zero-order valence-electron chi connectivity index (χ0n) is 54.6. The molecule has 9 amide bonds. The summed E-state index contributed by atoms with van der Waals surface area (Å²) in [5.74, 6) is 0.558. The zero-order valence-corrected chi connectivity index (χ0v) is 54.6. The smallest absolute Gasteiger partial charge is 0.253 e. The summed E-state index contributed by atoms with van der Waals surface area (Å²) in [6, 6.07) is 52.1. The highest BCUT2D eigenvalue weighted by molar-refractivity contribution is 6.00. The van der Waals surface area contributed by atoms with Crippen molar-refractivity contribution in [3.63, 3.8) is 0 Å². The molecule has 0 radical (unpaired) electrons. The summed E-state index contributed by atoms with van der Waals surface area (Å²) in [5.41, 5.74) is 7.35. The quantitative estimate of drug-likeness (QED) is 0.0894. The second-order valence-corrected chi connectivity index (χ2v) is 27.5. The second kappa shape index (κ2) is 29.7. The Morgan fingerprint density at radius 3 is 0.688 bits per heavy atom. The van der Waals surface area contributed by atoms with E-state index in [0.29, 0.717) is 110 Å². The van der Waals surface area contributed by atoms with Gasteiger partial charge in [-0.05, 0) is 167 Å². The van der Waals surface area contributed by atoms with Crippen molar-refractivity contribution < 1.29 is 43.2 Å². The Bertz CT molecular complexity index is 3620. The average Bonchev–Trinajstić information content (AvgIpc) is 1.67. The Morgan fingerprint density at radius 1 is 0.260 bits per heavy atom. The monoisotopic (exact) mass is 1290 g/mol. The standard InChI is InChI=1S/C36H38N4O4.C26H29N3O3.C16H20N2O2/c41-33(37-31-19-29(31)23-7-3-1-4-8-23)27-15-17-39(21-27)35(43)25-11-13-26(14-12-25)36(44)40-18-16-28(22-40)34(42)38-32-20-30(32)24-9-5-2-6-10-24;30-24(27-23-16-22(23)18-6-2-1-3-7-18)21-12-15-29(17-21)26(32)20-10-8-19(9-11-20)25(31)28-13-4-5-14-28;19-15(17-9-1-2-10-17)13-5-7-14(8-6-13)16(20)18-11-3-4-12-18/h1-14,27-32H,15-22H2,(H,37,41)(H,38,42);1-3,6-11,21-23H,4-5,12-17H2,(H,27,30);5-8H,1-4,9-12H2/t27-,28-,29+,30+,31-,32-;21-,22+,23-;/m00./s1. The van der Waals surface area contributed by atoms with Gasteiger partial charge in [0.05, 0.1) is 17.8 Å². The molecule has 6 heterocycles. The van der Waals surface area contributed by atoms with Gasteiger partial charge >= 0.3 is 0 Å². The van der Waals surface area contributed by atoms with Gasteiger partial charge in [-0.15, -0.1) is 0 Å². The van der Waals surface area contributed by atoms with Crippen LogP contribution in [0.1, 0.15) is 174 Å². The lowest BCUT2D eigenvalue weighted by Crippen LogP contribution is -2.36. The highest BCUT2D eigenvalue weighted by Gasteiger charge is 2.45. The van der Waals surface area contributed by atoms with Gasteiger partial charge in [-0.3, -0.25) is 43.2 Å². The molecule has 6 aliphatic heterocycles. The van der Waals surface area contributed by atoms with Crippen molar-refractivity contribution in [3.05, 3.63) is 214 Å². The molecule has 3 saturated carbocycles. The molecule has 3 aliphatic carbocycles. The van der Waals surface area contributed by atoms with E-state index in [2.05, 4.69) is 52.3 Å². The molecule has 9 atom stereocenters. The minimum Gasteiger partial charge on any atom is -0.352 e. The van der Waals surface area contributed by atoms with Crippen LogP contribution in [-0.4, -0.2) is 179 Å². The van der Waals surface area contributed by atoms with E-state index in [1.165, 1.54) is 16.7 Å². The van der Waals surface area contributed by atoms with Crippen molar-refractivity contribution in [1.29, 1.82) is 0 Å². The lowest BCUT2D eigenvalue weighted by Gasteiger charge is -2.18. The summed E-state index contributed by atoms with van der Waals surface area (Å²) in [5, 5.41) is 9.53. The molecule has 9 aliphatic rings. The van der Waals surface area contributed by atoms with Crippen molar-refractivity contribution in [3.8, 4) is 0 Å². The number of amides is 9. The second-order valence-electron chi connectivity index (χ2n) is 27.5. The maximum Gasteiger partial charge on any atom is 0.253 e. The molecule has 18 heteroatoms. The fourth-order valence-corrected chi connectivity index (χ4v) is 14.8. The SMILES string of the molecule is O=C(N[C@H]1C[C@@H]1c1ccccc1)[C@H]1CCN(C(=O)c2ccc(C(=O)N3CCCC3)cc2)C1.O=C(N[C@H]1C[C@@H]1c1ccccc1)[C@H]1CCN(C(=O)c2ccc(C(=O)N3CC[C@H](C(=O)N[C@H]4C[C@@H]4c4ccccc4)C3)cc2)C1.O=C(c1ccc(C(=O)N2CCCC2)cc1)N1CCCC1. The summed E-state index contributed by atoms with van der Waals surface area (Å²) in [6.45, 7) is 7.94. The van der Waals surface area contributed by atoms with Gasteiger partial charge in [-0.2, -0.15) is 0 Å². The third kappa shape index (κ3) is 15.6. The predicted molar refractivity (Wildman–Crippen MR) is 364 cm³/mol. The van der Waals surface area contributed by atoms with Gasteiger partial charge < -0.3 is 45.3 Å².